The Balaban J connectivity index is 2.11. The summed E-state index contributed by atoms with van der Waals surface area (Å²) in [5.74, 6) is 1.01. The molecule has 0 fully saturated rings. The molecular formula is C18H23N3O5. The van der Waals surface area contributed by atoms with Gasteiger partial charge in [-0.15, -0.1) is 0 Å². The number of nitrogens with zero attached hydrogens (tertiary/aromatic N) is 1. The first-order chi connectivity index (χ1) is 12.6. The number of hydrogen-bond donors (Lipinski definition) is 2. The Bertz CT molecular complexity index is 709. The van der Waals surface area contributed by atoms with Crippen molar-refractivity contribution in [1.82, 2.24) is 4.98 Å². The summed E-state index contributed by atoms with van der Waals surface area (Å²) in [6.07, 6.45) is 1.60. The predicted octanol–water partition coefficient (Wildman–Crippen LogP) is 2.42. The Morgan fingerprint density at radius 3 is 2.19 bits per heavy atom. The van der Waals surface area contributed by atoms with Crippen LogP contribution < -0.4 is 24.8 Å². The summed E-state index contributed by atoms with van der Waals surface area (Å²) in [6, 6.07) is 6.73. The van der Waals surface area contributed by atoms with E-state index in [0.717, 1.165) is 5.69 Å². The zero-order valence-electron chi connectivity index (χ0n) is 15.3. The number of hydrogen-bond acceptors (Lipinski definition) is 7. The van der Waals surface area contributed by atoms with Crippen LogP contribution in [0.2, 0.25) is 0 Å². The number of methoxy groups -OCH3 is 4. The van der Waals surface area contributed by atoms with E-state index in [1.165, 1.54) is 21.3 Å². The van der Waals surface area contributed by atoms with E-state index < -0.39 is 0 Å². The quantitative estimate of drug-likeness (QED) is 0.663. The molecule has 1 aromatic carbocycles. The number of pyridine rings is 1. The van der Waals surface area contributed by atoms with Crippen LogP contribution in [0.15, 0.2) is 30.5 Å². The van der Waals surface area contributed by atoms with E-state index in [0.29, 0.717) is 36.1 Å². The summed E-state index contributed by atoms with van der Waals surface area (Å²) in [5, 5.41) is 5.91. The summed E-state index contributed by atoms with van der Waals surface area (Å²) < 4.78 is 20.8. The molecule has 0 unspecified atom stereocenters. The number of rotatable bonds is 9. The van der Waals surface area contributed by atoms with Crippen LogP contribution in [-0.2, 0) is 4.74 Å². The molecule has 26 heavy (non-hydrogen) atoms. The minimum atomic E-state index is -0.345. The number of nitrogens with one attached hydrogen (secondary N) is 2. The third kappa shape index (κ3) is 4.76. The van der Waals surface area contributed by atoms with Gasteiger partial charge in [-0.3, -0.25) is 4.79 Å². The minimum Gasteiger partial charge on any atom is -0.493 e. The van der Waals surface area contributed by atoms with Crippen molar-refractivity contribution in [3.05, 3.63) is 36.2 Å². The molecule has 0 saturated carbocycles. The molecule has 0 aliphatic rings. The molecule has 0 aliphatic heterocycles. The van der Waals surface area contributed by atoms with Crippen LogP contribution in [0.25, 0.3) is 0 Å². The van der Waals surface area contributed by atoms with E-state index in [2.05, 4.69) is 15.6 Å². The van der Waals surface area contributed by atoms with Gasteiger partial charge in [0.05, 0.1) is 39.8 Å². The van der Waals surface area contributed by atoms with Gasteiger partial charge in [0, 0.05) is 31.5 Å². The van der Waals surface area contributed by atoms with Crippen LogP contribution in [0.3, 0.4) is 0 Å². The van der Waals surface area contributed by atoms with E-state index in [4.69, 9.17) is 18.9 Å². The summed E-state index contributed by atoms with van der Waals surface area (Å²) in [7, 11) is 6.18. The average Bonchev–Trinajstić information content (AvgIpc) is 2.67. The number of benzene rings is 1. The van der Waals surface area contributed by atoms with Crippen molar-refractivity contribution < 1.29 is 23.7 Å². The molecule has 0 bridgehead atoms. The van der Waals surface area contributed by atoms with Gasteiger partial charge in [0.15, 0.2) is 11.5 Å². The van der Waals surface area contributed by atoms with E-state index >= 15 is 0 Å². The molecule has 1 amide bonds. The van der Waals surface area contributed by atoms with Gasteiger partial charge in [0.1, 0.15) is 5.69 Å². The number of ether oxygens (including phenoxy) is 4. The predicted molar refractivity (Wildman–Crippen MR) is 98.7 cm³/mol. The Labute approximate surface area is 152 Å². The molecule has 8 nitrogen and oxygen atoms in total. The van der Waals surface area contributed by atoms with Crippen LogP contribution in [-0.4, -0.2) is 52.5 Å². The normalized spacial score (nSPS) is 10.2. The molecule has 0 atom stereocenters. The molecule has 0 aliphatic carbocycles. The van der Waals surface area contributed by atoms with Crippen molar-refractivity contribution in [3.8, 4) is 17.2 Å². The van der Waals surface area contributed by atoms with Crippen LogP contribution in [0.4, 0.5) is 11.4 Å². The number of amides is 1. The fourth-order valence-electron chi connectivity index (χ4n) is 2.28. The Hall–Kier alpha value is -3.00. The molecule has 0 saturated heterocycles. The first-order valence-electron chi connectivity index (χ1n) is 7.93. The Morgan fingerprint density at radius 2 is 1.69 bits per heavy atom. The van der Waals surface area contributed by atoms with Crippen molar-refractivity contribution in [2.75, 3.05) is 52.2 Å². The number of carbonyl (C=O) groups is 1. The van der Waals surface area contributed by atoms with Gasteiger partial charge < -0.3 is 29.6 Å². The highest BCUT2D eigenvalue weighted by Gasteiger charge is 2.15. The second-order valence-corrected chi connectivity index (χ2v) is 5.22. The zero-order chi connectivity index (χ0) is 18.9. The van der Waals surface area contributed by atoms with Gasteiger partial charge in [-0.05, 0) is 12.1 Å². The molecule has 2 rings (SSSR count). The SMILES string of the molecule is COCCNc1ccc(C(=O)Nc2cc(OC)c(OC)c(OC)c2)nc1. The number of carbonyl (C=O) groups excluding carboxylic acids is 1. The monoisotopic (exact) mass is 361 g/mol. The smallest absolute Gasteiger partial charge is 0.274 e. The largest absolute Gasteiger partial charge is 0.493 e. The highest BCUT2D eigenvalue weighted by Crippen LogP contribution is 2.39. The lowest BCUT2D eigenvalue weighted by Gasteiger charge is -2.14. The lowest BCUT2D eigenvalue weighted by atomic mass is 10.2. The second kappa shape index (κ2) is 9.47. The zero-order valence-corrected chi connectivity index (χ0v) is 15.3. The summed E-state index contributed by atoms with van der Waals surface area (Å²) >= 11 is 0. The van der Waals surface area contributed by atoms with Gasteiger partial charge in [0.25, 0.3) is 5.91 Å². The standard InChI is InChI=1S/C18H23N3O5/c1-23-8-7-19-12-5-6-14(20-11-12)18(22)21-13-9-15(24-2)17(26-4)16(10-13)25-3/h5-6,9-11,19H,7-8H2,1-4H3,(H,21,22). The number of anilines is 2. The lowest BCUT2D eigenvalue weighted by Crippen LogP contribution is -2.14. The maximum atomic E-state index is 12.4. The van der Waals surface area contributed by atoms with Crippen molar-refractivity contribution in [2.45, 2.75) is 0 Å². The first kappa shape index (κ1) is 19.3. The molecule has 1 aromatic heterocycles. The molecule has 140 valence electrons. The topological polar surface area (TPSA) is 90.9 Å². The minimum absolute atomic E-state index is 0.288. The van der Waals surface area contributed by atoms with Gasteiger partial charge >= 0.3 is 0 Å². The van der Waals surface area contributed by atoms with Gasteiger partial charge in [-0.1, -0.05) is 0 Å². The highest BCUT2D eigenvalue weighted by molar-refractivity contribution is 6.03. The second-order valence-electron chi connectivity index (χ2n) is 5.22. The van der Waals surface area contributed by atoms with E-state index in [1.54, 1.807) is 37.6 Å². The summed E-state index contributed by atoms with van der Waals surface area (Å²) in [4.78, 5) is 16.6. The fraction of sp³-hybridized carbons (Fsp3) is 0.333. The molecule has 0 radical (unpaired) electrons. The molecule has 8 heteroatoms. The highest BCUT2D eigenvalue weighted by atomic mass is 16.5. The van der Waals surface area contributed by atoms with E-state index in [-0.39, 0.29) is 11.6 Å². The van der Waals surface area contributed by atoms with Crippen LogP contribution in [0.5, 0.6) is 17.2 Å². The van der Waals surface area contributed by atoms with Crippen LogP contribution in [0.1, 0.15) is 10.5 Å². The lowest BCUT2D eigenvalue weighted by molar-refractivity contribution is 0.102. The van der Waals surface area contributed by atoms with Crippen molar-refractivity contribution >= 4 is 17.3 Å². The summed E-state index contributed by atoms with van der Waals surface area (Å²) in [5.41, 5.74) is 1.61. The van der Waals surface area contributed by atoms with E-state index in [1.807, 2.05) is 0 Å². The third-order valence-electron chi connectivity index (χ3n) is 3.55. The van der Waals surface area contributed by atoms with Gasteiger partial charge in [-0.25, -0.2) is 4.98 Å². The van der Waals surface area contributed by atoms with Crippen molar-refractivity contribution in [1.29, 1.82) is 0 Å². The molecule has 2 N–H and O–H groups in total. The van der Waals surface area contributed by atoms with Crippen molar-refractivity contribution in [2.24, 2.45) is 0 Å². The molecule has 0 spiro atoms. The molecule has 1 heterocycles. The van der Waals surface area contributed by atoms with Gasteiger partial charge in [0.2, 0.25) is 5.75 Å². The van der Waals surface area contributed by atoms with E-state index in [9.17, 15) is 4.79 Å². The summed E-state index contributed by atoms with van der Waals surface area (Å²) in [6.45, 7) is 1.25. The maximum Gasteiger partial charge on any atom is 0.274 e. The first-order valence-corrected chi connectivity index (χ1v) is 7.93. The molecular weight excluding hydrogens is 338 g/mol. The maximum absolute atomic E-state index is 12.4. The molecule has 2 aromatic rings. The number of aromatic nitrogens is 1. The van der Waals surface area contributed by atoms with Gasteiger partial charge in [-0.2, -0.15) is 0 Å². The Morgan fingerprint density at radius 1 is 1.00 bits per heavy atom. The van der Waals surface area contributed by atoms with Crippen molar-refractivity contribution in [3.63, 3.8) is 0 Å². The Kier molecular flexibility index (Phi) is 7.04. The third-order valence-corrected chi connectivity index (χ3v) is 3.55. The van der Waals surface area contributed by atoms with Crippen LogP contribution >= 0.6 is 0 Å². The fourth-order valence-corrected chi connectivity index (χ4v) is 2.28. The van der Waals surface area contributed by atoms with Crippen LogP contribution in [0, 0.1) is 0 Å². The average molecular weight is 361 g/mol.